The number of rotatable bonds is 5. The molecule has 8 heteroatoms. The second-order valence-electron chi connectivity index (χ2n) is 7.57. The van der Waals surface area contributed by atoms with Crippen LogP contribution in [0.25, 0.3) is 22.1 Å². The van der Waals surface area contributed by atoms with Crippen LogP contribution in [0, 0.1) is 6.92 Å². The SMILES string of the molecule is CCCc1cc2c(=O)c(-c3ccc4c(c3)OCCCO4)c(C)oc2cc1OS(C)(=O)=O. The van der Waals surface area contributed by atoms with Gasteiger partial charge in [0.15, 0.2) is 11.5 Å². The van der Waals surface area contributed by atoms with Crippen LogP contribution < -0.4 is 19.1 Å². The Labute approximate surface area is 180 Å². The van der Waals surface area contributed by atoms with Crippen molar-refractivity contribution in [2.45, 2.75) is 33.1 Å². The predicted molar refractivity (Wildman–Crippen MR) is 118 cm³/mol. The average molecular weight is 445 g/mol. The summed E-state index contributed by atoms with van der Waals surface area (Å²) in [6.07, 6.45) is 3.10. The Morgan fingerprint density at radius 2 is 1.81 bits per heavy atom. The summed E-state index contributed by atoms with van der Waals surface area (Å²) in [6, 6.07) is 8.54. The van der Waals surface area contributed by atoms with Crippen LogP contribution >= 0.6 is 0 Å². The van der Waals surface area contributed by atoms with Crippen molar-refractivity contribution in [3.05, 3.63) is 51.9 Å². The van der Waals surface area contributed by atoms with Crippen LogP contribution in [0.5, 0.6) is 17.2 Å². The zero-order chi connectivity index (χ0) is 22.2. The predicted octanol–water partition coefficient (Wildman–Crippen LogP) is 4.22. The van der Waals surface area contributed by atoms with Crippen LogP contribution in [-0.4, -0.2) is 27.9 Å². The fourth-order valence-electron chi connectivity index (χ4n) is 3.74. The van der Waals surface area contributed by atoms with E-state index in [-0.39, 0.29) is 16.8 Å². The third-order valence-corrected chi connectivity index (χ3v) is 5.53. The summed E-state index contributed by atoms with van der Waals surface area (Å²) in [5.74, 6) is 1.85. The van der Waals surface area contributed by atoms with Crippen molar-refractivity contribution in [3.8, 4) is 28.4 Å². The zero-order valence-electron chi connectivity index (χ0n) is 17.7. The highest BCUT2D eigenvalue weighted by Gasteiger charge is 2.20. The Kier molecular flexibility index (Phi) is 5.66. The normalized spacial score (nSPS) is 13.8. The van der Waals surface area contributed by atoms with Gasteiger partial charge in [-0.2, -0.15) is 8.42 Å². The molecule has 7 nitrogen and oxygen atoms in total. The van der Waals surface area contributed by atoms with Crippen LogP contribution in [-0.2, 0) is 16.5 Å². The molecule has 31 heavy (non-hydrogen) atoms. The van der Waals surface area contributed by atoms with Gasteiger partial charge in [-0.15, -0.1) is 0 Å². The Morgan fingerprint density at radius 1 is 1.06 bits per heavy atom. The molecule has 3 aromatic rings. The lowest BCUT2D eigenvalue weighted by atomic mass is 10.00. The summed E-state index contributed by atoms with van der Waals surface area (Å²) in [7, 11) is -3.72. The molecule has 0 spiro atoms. The number of hydrogen-bond donors (Lipinski definition) is 0. The topological polar surface area (TPSA) is 92.0 Å². The third kappa shape index (κ3) is 4.39. The monoisotopic (exact) mass is 444 g/mol. The minimum Gasteiger partial charge on any atom is -0.490 e. The van der Waals surface area contributed by atoms with Crippen LogP contribution in [0.2, 0.25) is 0 Å². The molecular formula is C23H24O7S. The molecule has 0 N–H and O–H groups in total. The van der Waals surface area contributed by atoms with E-state index in [9.17, 15) is 13.2 Å². The smallest absolute Gasteiger partial charge is 0.306 e. The van der Waals surface area contributed by atoms with Crippen molar-refractivity contribution in [2.24, 2.45) is 0 Å². The summed E-state index contributed by atoms with van der Waals surface area (Å²) in [5, 5.41) is 0.372. The molecule has 1 aliphatic heterocycles. The fourth-order valence-corrected chi connectivity index (χ4v) is 4.22. The quantitative estimate of drug-likeness (QED) is 0.544. The average Bonchev–Trinajstić information content (AvgIpc) is 2.93. The molecule has 2 heterocycles. The molecule has 0 atom stereocenters. The van der Waals surface area contributed by atoms with E-state index in [1.165, 1.54) is 6.07 Å². The molecule has 4 rings (SSSR count). The van der Waals surface area contributed by atoms with Gasteiger partial charge in [0.25, 0.3) is 0 Å². The molecule has 164 valence electrons. The number of benzene rings is 2. The van der Waals surface area contributed by atoms with E-state index in [2.05, 4.69) is 0 Å². The van der Waals surface area contributed by atoms with E-state index in [0.717, 1.165) is 19.1 Å². The van der Waals surface area contributed by atoms with Gasteiger partial charge >= 0.3 is 10.1 Å². The van der Waals surface area contributed by atoms with Gasteiger partial charge in [-0.1, -0.05) is 19.4 Å². The number of hydrogen-bond acceptors (Lipinski definition) is 7. The van der Waals surface area contributed by atoms with Crippen LogP contribution in [0.4, 0.5) is 0 Å². The van der Waals surface area contributed by atoms with Crippen molar-refractivity contribution in [1.82, 2.24) is 0 Å². The summed E-state index contributed by atoms with van der Waals surface area (Å²) in [5.41, 5.74) is 1.82. The van der Waals surface area contributed by atoms with Crippen molar-refractivity contribution < 1.29 is 26.5 Å². The van der Waals surface area contributed by atoms with Crippen LogP contribution in [0.3, 0.4) is 0 Å². The van der Waals surface area contributed by atoms with Crippen LogP contribution in [0.1, 0.15) is 31.1 Å². The molecule has 0 unspecified atom stereocenters. The van der Waals surface area contributed by atoms with Crippen molar-refractivity contribution in [3.63, 3.8) is 0 Å². The molecule has 2 aromatic carbocycles. The molecule has 0 saturated heterocycles. The maximum atomic E-state index is 13.4. The molecule has 0 bridgehead atoms. The van der Waals surface area contributed by atoms with Crippen molar-refractivity contribution >= 4 is 21.1 Å². The third-order valence-electron chi connectivity index (χ3n) is 5.05. The lowest BCUT2D eigenvalue weighted by molar-refractivity contribution is 0.297. The van der Waals surface area contributed by atoms with Gasteiger partial charge in [0, 0.05) is 12.5 Å². The highest BCUT2D eigenvalue weighted by Crippen LogP contribution is 2.36. The highest BCUT2D eigenvalue weighted by atomic mass is 32.2. The van der Waals surface area contributed by atoms with Gasteiger partial charge in [-0.25, -0.2) is 0 Å². The van der Waals surface area contributed by atoms with E-state index in [1.54, 1.807) is 25.1 Å². The molecular weight excluding hydrogens is 420 g/mol. The first-order chi connectivity index (χ1) is 14.8. The first-order valence-corrected chi connectivity index (χ1v) is 12.0. The van der Waals surface area contributed by atoms with Crippen molar-refractivity contribution in [2.75, 3.05) is 19.5 Å². The lowest BCUT2D eigenvalue weighted by Gasteiger charge is -2.13. The maximum absolute atomic E-state index is 13.4. The molecule has 0 amide bonds. The Morgan fingerprint density at radius 3 is 2.52 bits per heavy atom. The fraction of sp³-hybridized carbons (Fsp3) is 0.348. The van der Waals surface area contributed by atoms with E-state index in [1.807, 2.05) is 13.0 Å². The standard InChI is InChI=1S/C23H24O7S/c1-4-6-15-11-17-20(13-19(15)30-31(3,25)26)29-14(2)22(23(17)24)16-7-8-18-21(12-16)28-10-5-9-27-18/h7-8,11-13H,4-6,9-10H2,1-3H3. The Bertz CT molecular complexity index is 1310. The molecule has 1 aromatic heterocycles. The number of fused-ring (bicyclic) bond motifs is 2. The first-order valence-electron chi connectivity index (χ1n) is 10.2. The highest BCUT2D eigenvalue weighted by molar-refractivity contribution is 7.86. The van der Waals surface area contributed by atoms with Crippen LogP contribution in [0.15, 0.2) is 39.5 Å². The van der Waals surface area contributed by atoms with Gasteiger partial charge in [0.2, 0.25) is 5.43 Å². The first kappa shape index (κ1) is 21.2. The molecule has 0 saturated carbocycles. The minimum atomic E-state index is -3.72. The number of ether oxygens (including phenoxy) is 2. The van der Waals surface area contributed by atoms with E-state index < -0.39 is 10.1 Å². The summed E-state index contributed by atoms with van der Waals surface area (Å²) < 4.78 is 45.9. The number of aryl methyl sites for hydroxylation is 2. The van der Waals surface area contributed by atoms with Gasteiger partial charge < -0.3 is 18.1 Å². The molecule has 1 aliphatic rings. The maximum Gasteiger partial charge on any atom is 0.306 e. The van der Waals surface area contributed by atoms with E-state index >= 15 is 0 Å². The molecule has 0 radical (unpaired) electrons. The second kappa shape index (κ2) is 8.26. The molecule has 0 fully saturated rings. The summed E-state index contributed by atoms with van der Waals surface area (Å²) >= 11 is 0. The largest absolute Gasteiger partial charge is 0.490 e. The van der Waals surface area contributed by atoms with Gasteiger partial charge in [-0.3, -0.25) is 4.79 Å². The zero-order valence-corrected chi connectivity index (χ0v) is 18.5. The summed E-state index contributed by atoms with van der Waals surface area (Å²) in [6.45, 7) is 4.80. The van der Waals surface area contributed by atoms with Gasteiger partial charge in [0.05, 0.1) is 30.4 Å². The summed E-state index contributed by atoms with van der Waals surface area (Å²) in [4.78, 5) is 13.4. The van der Waals surface area contributed by atoms with E-state index in [0.29, 0.717) is 59.0 Å². The lowest BCUT2D eigenvalue weighted by Crippen LogP contribution is -2.11. The van der Waals surface area contributed by atoms with Gasteiger partial charge in [-0.05, 0) is 42.7 Å². The Hall–Kier alpha value is -3.00. The second-order valence-corrected chi connectivity index (χ2v) is 9.14. The minimum absolute atomic E-state index is 0.183. The van der Waals surface area contributed by atoms with Gasteiger partial charge in [0.1, 0.15) is 17.1 Å². The Balaban J connectivity index is 1.89. The van der Waals surface area contributed by atoms with Crippen molar-refractivity contribution in [1.29, 1.82) is 0 Å². The molecule has 0 aliphatic carbocycles. The van der Waals surface area contributed by atoms with E-state index in [4.69, 9.17) is 18.1 Å².